The van der Waals surface area contributed by atoms with Crippen molar-refractivity contribution < 1.29 is 19.4 Å². The minimum absolute atomic E-state index is 0.00116. The standard InChI is InChI=1S/C7H12BrNO4/c1-2-13-6(12)7(8,9)4-3-5(10)11/h2-4,9H2,1H3,(H,10,11)/t7-/m0/s1. The summed E-state index contributed by atoms with van der Waals surface area (Å²) in [5.41, 5.74) is 5.47. The summed E-state index contributed by atoms with van der Waals surface area (Å²) in [5, 5.41) is 8.36. The Morgan fingerprint density at radius 1 is 1.62 bits per heavy atom. The number of aliphatic carboxylic acids is 1. The summed E-state index contributed by atoms with van der Waals surface area (Å²) in [7, 11) is 0. The fourth-order valence-electron chi connectivity index (χ4n) is 0.642. The summed E-state index contributed by atoms with van der Waals surface area (Å²) in [6, 6.07) is 0. The zero-order valence-electron chi connectivity index (χ0n) is 7.25. The van der Waals surface area contributed by atoms with Crippen molar-refractivity contribution in [3.63, 3.8) is 0 Å². The SMILES string of the molecule is CCOC(=O)[C@](N)(Br)CCC(=O)O. The van der Waals surface area contributed by atoms with Crippen molar-refractivity contribution in [1.82, 2.24) is 0 Å². The van der Waals surface area contributed by atoms with E-state index in [-0.39, 0.29) is 19.4 Å². The van der Waals surface area contributed by atoms with E-state index < -0.39 is 16.4 Å². The highest BCUT2D eigenvalue weighted by molar-refractivity contribution is 9.10. The summed E-state index contributed by atoms with van der Waals surface area (Å²) in [6.07, 6.45) is -0.179. The first-order valence-corrected chi connectivity index (χ1v) is 4.56. The van der Waals surface area contributed by atoms with Gasteiger partial charge in [0.25, 0.3) is 0 Å². The van der Waals surface area contributed by atoms with E-state index in [0.29, 0.717) is 0 Å². The summed E-state index contributed by atoms with van der Waals surface area (Å²) >= 11 is 2.92. The molecule has 76 valence electrons. The van der Waals surface area contributed by atoms with Gasteiger partial charge in [0.05, 0.1) is 6.61 Å². The molecule has 0 spiro atoms. The third-order valence-corrected chi connectivity index (χ3v) is 2.04. The van der Waals surface area contributed by atoms with Crippen molar-refractivity contribution >= 4 is 27.9 Å². The van der Waals surface area contributed by atoms with Crippen LogP contribution in [0.3, 0.4) is 0 Å². The molecule has 5 nitrogen and oxygen atoms in total. The van der Waals surface area contributed by atoms with Gasteiger partial charge in [-0.05, 0) is 13.3 Å². The molecule has 0 aromatic rings. The van der Waals surface area contributed by atoms with Crippen LogP contribution in [-0.2, 0) is 14.3 Å². The quantitative estimate of drug-likeness (QED) is 0.422. The second-order valence-electron chi connectivity index (χ2n) is 2.48. The fourth-order valence-corrected chi connectivity index (χ4v) is 0.955. The Labute approximate surface area is 84.4 Å². The number of hydrogen-bond donors (Lipinski definition) is 2. The first kappa shape index (κ1) is 12.4. The number of carboxylic acids is 1. The Hall–Kier alpha value is -0.620. The molecule has 0 fully saturated rings. The average molecular weight is 254 g/mol. The lowest BCUT2D eigenvalue weighted by molar-refractivity contribution is -0.146. The van der Waals surface area contributed by atoms with Gasteiger partial charge in [0.2, 0.25) is 0 Å². The normalized spacial score (nSPS) is 14.7. The lowest BCUT2D eigenvalue weighted by atomic mass is 10.2. The van der Waals surface area contributed by atoms with E-state index in [1.807, 2.05) is 0 Å². The maximum absolute atomic E-state index is 11.1. The van der Waals surface area contributed by atoms with Crippen LogP contribution in [0.1, 0.15) is 19.8 Å². The number of halogens is 1. The van der Waals surface area contributed by atoms with Gasteiger partial charge in [-0.2, -0.15) is 0 Å². The predicted octanol–water partition coefficient (Wildman–Crippen LogP) is 0.464. The molecule has 0 aromatic heterocycles. The fraction of sp³-hybridized carbons (Fsp3) is 0.714. The van der Waals surface area contributed by atoms with Gasteiger partial charge in [0.1, 0.15) is 0 Å². The molecule has 13 heavy (non-hydrogen) atoms. The minimum Gasteiger partial charge on any atom is -0.481 e. The van der Waals surface area contributed by atoms with Crippen molar-refractivity contribution in [3.05, 3.63) is 0 Å². The Morgan fingerprint density at radius 3 is 2.54 bits per heavy atom. The van der Waals surface area contributed by atoms with Crippen LogP contribution in [0.5, 0.6) is 0 Å². The molecule has 1 atom stereocenters. The summed E-state index contributed by atoms with van der Waals surface area (Å²) < 4.78 is 3.25. The molecule has 6 heteroatoms. The average Bonchev–Trinajstić information content (AvgIpc) is 2.01. The van der Waals surface area contributed by atoms with Crippen molar-refractivity contribution in [3.8, 4) is 0 Å². The smallest absolute Gasteiger partial charge is 0.337 e. The number of carbonyl (C=O) groups is 2. The maximum atomic E-state index is 11.1. The van der Waals surface area contributed by atoms with E-state index in [4.69, 9.17) is 10.8 Å². The monoisotopic (exact) mass is 253 g/mol. The minimum atomic E-state index is -1.39. The zero-order chi connectivity index (χ0) is 10.5. The molecule has 0 rings (SSSR count). The number of ether oxygens (including phenoxy) is 1. The summed E-state index contributed by atoms with van der Waals surface area (Å²) in [5.74, 6) is -1.64. The van der Waals surface area contributed by atoms with E-state index in [1.54, 1.807) is 6.92 Å². The number of carbonyl (C=O) groups excluding carboxylic acids is 1. The molecule has 0 saturated heterocycles. The number of rotatable bonds is 5. The summed E-state index contributed by atoms with van der Waals surface area (Å²) in [6.45, 7) is 1.87. The van der Waals surface area contributed by atoms with Crippen molar-refractivity contribution in [2.75, 3.05) is 6.61 Å². The highest BCUT2D eigenvalue weighted by Crippen LogP contribution is 2.19. The van der Waals surface area contributed by atoms with Crippen LogP contribution in [0.25, 0.3) is 0 Å². The Balaban J connectivity index is 4.05. The third-order valence-electron chi connectivity index (χ3n) is 1.32. The van der Waals surface area contributed by atoms with Gasteiger partial charge in [0.15, 0.2) is 4.45 Å². The summed E-state index contributed by atoms with van der Waals surface area (Å²) in [4.78, 5) is 21.3. The Bertz CT molecular complexity index is 205. The second-order valence-corrected chi connectivity index (χ2v) is 3.89. The highest BCUT2D eigenvalue weighted by Gasteiger charge is 2.32. The number of alkyl halides is 1. The van der Waals surface area contributed by atoms with Crippen molar-refractivity contribution in [2.24, 2.45) is 5.73 Å². The molecule has 0 aliphatic carbocycles. The highest BCUT2D eigenvalue weighted by atomic mass is 79.9. The second kappa shape index (κ2) is 5.18. The van der Waals surface area contributed by atoms with Crippen LogP contribution in [0.4, 0.5) is 0 Å². The van der Waals surface area contributed by atoms with Crippen molar-refractivity contribution in [1.29, 1.82) is 0 Å². The van der Waals surface area contributed by atoms with Crippen LogP contribution < -0.4 is 5.73 Å². The Morgan fingerprint density at radius 2 is 2.15 bits per heavy atom. The van der Waals surface area contributed by atoms with Crippen LogP contribution in [0.2, 0.25) is 0 Å². The maximum Gasteiger partial charge on any atom is 0.337 e. The molecule has 0 radical (unpaired) electrons. The van der Waals surface area contributed by atoms with Crippen LogP contribution in [-0.4, -0.2) is 28.1 Å². The van der Waals surface area contributed by atoms with Gasteiger partial charge < -0.3 is 15.6 Å². The van der Waals surface area contributed by atoms with Gasteiger partial charge in [-0.25, -0.2) is 4.79 Å². The van der Waals surface area contributed by atoms with E-state index in [0.717, 1.165) is 0 Å². The molecular weight excluding hydrogens is 242 g/mol. The number of hydrogen-bond acceptors (Lipinski definition) is 4. The molecular formula is C7H12BrNO4. The van der Waals surface area contributed by atoms with Gasteiger partial charge >= 0.3 is 11.9 Å². The molecule has 0 amide bonds. The molecule has 0 heterocycles. The van der Waals surface area contributed by atoms with E-state index in [1.165, 1.54) is 0 Å². The van der Waals surface area contributed by atoms with E-state index in [9.17, 15) is 9.59 Å². The number of esters is 1. The molecule has 0 aromatic carbocycles. The molecule has 0 unspecified atom stereocenters. The van der Waals surface area contributed by atoms with Crippen LogP contribution in [0, 0.1) is 0 Å². The largest absolute Gasteiger partial charge is 0.481 e. The number of nitrogens with two attached hydrogens (primary N) is 1. The number of carboxylic acid groups (broad SMARTS) is 1. The van der Waals surface area contributed by atoms with Gasteiger partial charge in [-0.15, -0.1) is 0 Å². The first-order chi connectivity index (χ1) is 5.90. The zero-order valence-corrected chi connectivity index (χ0v) is 8.83. The molecule has 0 aliphatic heterocycles. The van der Waals surface area contributed by atoms with E-state index >= 15 is 0 Å². The lowest BCUT2D eigenvalue weighted by Gasteiger charge is -2.18. The topological polar surface area (TPSA) is 89.6 Å². The third kappa shape index (κ3) is 4.84. The van der Waals surface area contributed by atoms with Gasteiger partial charge in [-0.3, -0.25) is 4.79 Å². The first-order valence-electron chi connectivity index (χ1n) is 3.77. The molecule has 0 saturated carbocycles. The van der Waals surface area contributed by atoms with Crippen LogP contribution in [0.15, 0.2) is 0 Å². The lowest BCUT2D eigenvalue weighted by Crippen LogP contribution is -2.43. The van der Waals surface area contributed by atoms with E-state index in [2.05, 4.69) is 20.7 Å². The Kier molecular flexibility index (Phi) is 4.94. The van der Waals surface area contributed by atoms with Gasteiger partial charge in [0, 0.05) is 6.42 Å². The van der Waals surface area contributed by atoms with Crippen molar-refractivity contribution in [2.45, 2.75) is 24.2 Å². The van der Waals surface area contributed by atoms with Crippen LogP contribution >= 0.6 is 15.9 Å². The molecule has 0 aliphatic rings. The molecule has 0 bridgehead atoms. The predicted molar refractivity (Wildman–Crippen MR) is 49.3 cm³/mol. The van der Waals surface area contributed by atoms with Gasteiger partial charge in [-0.1, -0.05) is 15.9 Å². The molecule has 3 N–H and O–H groups in total.